The number of nitrogens with zero attached hydrogens (tertiary/aromatic N) is 5. The van der Waals surface area contributed by atoms with Gasteiger partial charge in [0, 0.05) is 39.0 Å². The van der Waals surface area contributed by atoms with E-state index in [4.69, 9.17) is 14.9 Å². The molecule has 3 amide bonds. The van der Waals surface area contributed by atoms with E-state index in [-0.39, 0.29) is 24.2 Å². The number of piperazine rings is 1. The van der Waals surface area contributed by atoms with Gasteiger partial charge in [0.05, 0.1) is 18.6 Å². The molecule has 1 fully saturated rings. The Morgan fingerprint density at radius 1 is 1.15 bits per heavy atom. The fourth-order valence-electron chi connectivity index (χ4n) is 3.25. The van der Waals surface area contributed by atoms with E-state index in [2.05, 4.69) is 10.2 Å². The second kappa shape index (κ2) is 10.7. The quantitative estimate of drug-likeness (QED) is 0.564. The van der Waals surface area contributed by atoms with E-state index in [1.165, 1.54) is 11.8 Å². The first-order valence-corrected chi connectivity index (χ1v) is 11.7. The minimum Gasteiger partial charge on any atom is -0.467 e. The van der Waals surface area contributed by atoms with Crippen molar-refractivity contribution in [3.8, 4) is 0 Å². The molecule has 2 aromatic heterocycles. The van der Waals surface area contributed by atoms with Crippen LogP contribution in [0.4, 0.5) is 4.79 Å². The SMILES string of the molecule is CC(C)(C)OC(=O)N1CCN(C(=O)CSc2nnc(CCC(N)=O)n2Cc2ccco2)CC1. The molecule has 33 heavy (non-hydrogen) atoms. The molecule has 1 aliphatic rings. The first-order chi connectivity index (χ1) is 15.6. The number of rotatable bonds is 8. The number of aryl methyl sites for hydroxylation is 1. The van der Waals surface area contributed by atoms with E-state index < -0.39 is 11.5 Å². The van der Waals surface area contributed by atoms with Crippen molar-refractivity contribution in [2.45, 2.75) is 50.9 Å². The van der Waals surface area contributed by atoms with E-state index in [0.29, 0.717) is 55.9 Å². The van der Waals surface area contributed by atoms with Gasteiger partial charge in [-0.3, -0.25) is 14.2 Å². The molecule has 0 unspecified atom stereocenters. The summed E-state index contributed by atoms with van der Waals surface area (Å²) in [6.45, 7) is 7.61. The van der Waals surface area contributed by atoms with E-state index in [1.54, 1.807) is 22.1 Å². The fraction of sp³-hybridized carbons (Fsp3) is 0.571. The van der Waals surface area contributed by atoms with Gasteiger partial charge in [-0.05, 0) is 32.9 Å². The highest BCUT2D eigenvalue weighted by molar-refractivity contribution is 7.99. The lowest BCUT2D eigenvalue weighted by molar-refractivity contribution is -0.130. The van der Waals surface area contributed by atoms with Gasteiger partial charge in [0.25, 0.3) is 0 Å². The first-order valence-electron chi connectivity index (χ1n) is 10.7. The highest BCUT2D eigenvalue weighted by Gasteiger charge is 2.28. The summed E-state index contributed by atoms with van der Waals surface area (Å²) in [7, 11) is 0. The molecule has 0 radical (unpaired) electrons. The predicted octanol–water partition coefficient (Wildman–Crippen LogP) is 1.51. The van der Waals surface area contributed by atoms with Gasteiger partial charge in [-0.15, -0.1) is 10.2 Å². The topological polar surface area (TPSA) is 137 Å². The number of aromatic nitrogens is 3. The van der Waals surface area contributed by atoms with E-state index in [0.717, 1.165) is 0 Å². The molecule has 0 aliphatic carbocycles. The number of carbonyl (C=O) groups excluding carboxylic acids is 3. The van der Waals surface area contributed by atoms with Crippen LogP contribution in [0, 0.1) is 0 Å². The highest BCUT2D eigenvalue weighted by Crippen LogP contribution is 2.21. The van der Waals surface area contributed by atoms with Gasteiger partial charge in [0.15, 0.2) is 5.16 Å². The second-order valence-corrected chi connectivity index (χ2v) is 9.61. The number of thioether (sulfide) groups is 1. The minimum absolute atomic E-state index is 0.0462. The number of ether oxygens (including phenoxy) is 1. The Balaban J connectivity index is 1.56. The Morgan fingerprint density at radius 3 is 2.45 bits per heavy atom. The Labute approximate surface area is 196 Å². The standard InChI is InChI=1S/C21H30N6O5S/c1-21(2,3)32-20(30)26-10-8-25(9-11-26)18(29)14-33-19-24-23-17(7-6-16(22)28)27(19)13-15-5-4-12-31-15/h4-5,12H,6-11,13-14H2,1-3H3,(H2,22,28). The normalized spacial score (nSPS) is 14.4. The van der Waals surface area contributed by atoms with Crippen LogP contribution in [0.1, 0.15) is 38.8 Å². The van der Waals surface area contributed by atoms with Crippen LogP contribution >= 0.6 is 11.8 Å². The molecule has 11 nitrogen and oxygen atoms in total. The van der Waals surface area contributed by atoms with E-state index in [1.807, 2.05) is 31.4 Å². The van der Waals surface area contributed by atoms with Crippen LogP contribution in [-0.2, 0) is 27.3 Å². The van der Waals surface area contributed by atoms with Crippen LogP contribution in [0.25, 0.3) is 0 Å². The Morgan fingerprint density at radius 2 is 1.85 bits per heavy atom. The number of hydrogen-bond acceptors (Lipinski definition) is 8. The van der Waals surface area contributed by atoms with Gasteiger partial charge in [0.1, 0.15) is 17.2 Å². The Kier molecular flexibility index (Phi) is 8.01. The molecule has 0 bridgehead atoms. The van der Waals surface area contributed by atoms with Crippen LogP contribution in [0.3, 0.4) is 0 Å². The summed E-state index contributed by atoms with van der Waals surface area (Å²) in [4.78, 5) is 39.5. The maximum Gasteiger partial charge on any atom is 0.410 e. The lowest BCUT2D eigenvalue weighted by Gasteiger charge is -2.35. The van der Waals surface area contributed by atoms with Crippen molar-refractivity contribution in [1.29, 1.82) is 0 Å². The zero-order valence-electron chi connectivity index (χ0n) is 19.2. The smallest absolute Gasteiger partial charge is 0.410 e. The highest BCUT2D eigenvalue weighted by atomic mass is 32.2. The third-order valence-corrected chi connectivity index (χ3v) is 5.84. The molecule has 1 aliphatic heterocycles. The van der Waals surface area contributed by atoms with Crippen molar-refractivity contribution in [3.63, 3.8) is 0 Å². The van der Waals surface area contributed by atoms with Gasteiger partial charge in [0.2, 0.25) is 11.8 Å². The molecular formula is C21H30N6O5S. The van der Waals surface area contributed by atoms with Crippen LogP contribution in [-0.4, -0.2) is 80.0 Å². The molecule has 3 rings (SSSR count). The summed E-state index contributed by atoms with van der Waals surface area (Å²) in [6.07, 6.45) is 1.72. The maximum absolute atomic E-state index is 12.8. The minimum atomic E-state index is -0.553. The predicted molar refractivity (Wildman–Crippen MR) is 120 cm³/mol. The summed E-state index contributed by atoms with van der Waals surface area (Å²) in [5, 5.41) is 8.94. The monoisotopic (exact) mass is 478 g/mol. The summed E-state index contributed by atoms with van der Waals surface area (Å²) in [5.74, 6) is 1.03. The number of hydrogen-bond donors (Lipinski definition) is 1. The van der Waals surface area contributed by atoms with Gasteiger partial charge in [-0.25, -0.2) is 4.79 Å². The zero-order valence-corrected chi connectivity index (χ0v) is 20.0. The van der Waals surface area contributed by atoms with Crippen molar-refractivity contribution in [2.24, 2.45) is 5.73 Å². The lowest BCUT2D eigenvalue weighted by Crippen LogP contribution is -2.52. The molecule has 0 atom stereocenters. The molecule has 3 heterocycles. The number of nitrogens with two attached hydrogens (primary N) is 1. The Hall–Kier alpha value is -3.02. The fourth-order valence-corrected chi connectivity index (χ4v) is 4.10. The van der Waals surface area contributed by atoms with Gasteiger partial charge in [-0.1, -0.05) is 11.8 Å². The van der Waals surface area contributed by atoms with Crippen molar-refractivity contribution in [3.05, 3.63) is 30.0 Å². The van der Waals surface area contributed by atoms with Crippen molar-refractivity contribution in [2.75, 3.05) is 31.9 Å². The molecule has 2 aromatic rings. The summed E-state index contributed by atoms with van der Waals surface area (Å²) < 4.78 is 12.7. The summed E-state index contributed by atoms with van der Waals surface area (Å²) in [6, 6.07) is 3.62. The van der Waals surface area contributed by atoms with Gasteiger partial charge < -0.3 is 24.7 Å². The maximum atomic E-state index is 12.8. The molecule has 0 saturated carbocycles. The summed E-state index contributed by atoms with van der Waals surface area (Å²) in [5.41, 5.74) is 4.72. The van der Waals surface area contributed by atoms with Crippen LogP contribution < -0.4 is 5.73 Å². The largest absolute Gasteiger partial charge is 0.467 e. The average Bonchev–Trinajstić information content (AvgIpc) is 3.40. The molecule has 0 spiro atoms. The Bertz CT molecular complexity index is 960. The second-order valence-electron chi connectivity index (χ2n) is 8.67. The van der Waals surface area contributed by atoms with Crippen molar-refractivity contribution >= 4 is 29.7 Å². The van der Waals surface area contributed by atoms with Crippen molar-refractivity contribution < 1.29 is 23.5 Å². The van der Waals surface area contributed by atoms with Gasteiger partial charge >= 0.3 is 6.09 Å². The molecule has 2 N–H and O–H groups in total. The molecule has 0 aromatic carbocycles. The van der Waals surface area contributed by atoms with Crippen LogP contribution in [0.2, 0.25) is 0 Å². The third kappa shape index (κ3) is 7.24. The van der Waals surface area contributed by atoms with E-state index in [9.17, 15) is 14.4 Å². The first kappa shape index (κ1) is 24.6. The van der Waals surface area contributed by atoms with Gasteiger partial charge in [-0.2, -0.15) is 0 Å². The summed E-state index contributed by atoms with van der Waals surface area (Å²) >= 11 is 1.28. The van der Waals surface area contributed by atoms with Crippen molar-refractivity contribution in [1.82, 2.24) is 24.6 Å². The number of furan rings is 1. The lowest BCUT2D eigenvalue weighted by atomic mass is 10.2. The van der Waals surface area contributed by atoms with E-state index >= 15 is 0 Å². The molecule has 12 heteroatoms. The molecule has 1 saturated heterocycles. The number of carbonyl (C=O) groups is 3. The third-order valence-electron chi connectivity index (χ3n) is 4.89. The number of amides is 3. The molecule has 180 valence electrons. The zero-order chi connectivity index (χ0) is 24.0. The van der Waals surface area contributed by atoms with Crippen LogP contribution in [0.5, 0.6) is 0 Å². The average molecular weight is 479 g/mol. The van der Waals surface area contributed by atoms with Crippen LogP contribution in [0.15, 0.2) is 28.0 Å². The molecular weight excluding hydrogens is 448 g/mol. The number of primary amides is 1.